The second-order valence-electron chi connectivity index (χ2n) is 5.28. The summed E-state index contributed by atoms with van der Waals surface area (Å²) < 4.78 is 49.7. The van der Waals surface area contributed by atoms with Gasteiger partial charge in [-0.25, -0.2) is 22.0 Å². The zero-order valence-electron chi connectivity index (χ0n) is 13.6. The molecule has 12 heteroatoms. The third-order valence-corrected chi connectivity index (χ3v) is 5.53. The van der Waals surface area contributed by atoms with Gasteiger partial charge in [0.05, 0.1) is 9.79 Å². The van der Waals surface area contributed by atoms with Crippen LogP contribution in [0.3, 0.4) is 0 Å². The Bertz CT molecular complexity index is 1080. The Labute approximate surface area is 155 Å². The molecule has 0 fully saturated rings. The molecule has 0 spiro atoms. The van der Waals surface area contributed by atoms with E-state index in [1.165, 1.54) is 42.5 Å². The van der Waals surface area contributed by atoms with Crippen LogP contribution in [0, 0.1) is 0 Å². The molecule has 0 aromatic heterocycles. The summed E-state index contributed by atoms with van der Waals surface area (Å²) in [5.41, 5.74) is 0.251. The Morgan fingerprint density at radius 1 is 0.963 bits per heavy atom. The zero-order chi connectivity index (χ0) is 20.2. The summed E-state index contributed by atoms with van der Waals surface area (Å²) in [5, 5.41) is 15.7. The summed E-state index contributed by atoms with van der Waals surface area (Å²) in [5.74, 6) is -1.83. The van der Waals surface area contributed by atoms with Crippen LogP contribution in [0.15, 0.2) is 58.3 Å². The van der Waals surface area contributed by atoms with Crippen molar-refractivity contribution in [1.82, 2.24) is 5.32 Å². The molecule has 0 bridgehead atoms. The molecule has 0 aliphatic carbocycles. The van der Waals surface area contributed by atoms with Gasteiger partial charge in [-0.2, -0.15) is 0 Å². The fraction of sp³-hybridized carbons (Fsp3) is 0.0667. The van der Waals surface area contributed by atoms with Crippen LogP contribution in [0.4, 0.5) is 5.69 Å². The van der Waals surface area contributed by atoms with Crippen LogP contribution in [0.1, 0.15) is 10.4 Å². The number of anilines is 1. The number of benzene rings is 2. The van der Waals surface area contributed by atoms with Crippen molar-refractivity contribution in [3.63, 3.8) is 0 Å². The minimum absolute atomic E-state index is 0.116. The molecular formula is C15H15N3O7S2. The van der Waals surface area contributed by atoms with Crippen molar-refractivity contribution in [2.45, 2.75) is 9.79 Å². The highest BCUT2D eigenvalue weighted by atomic mass is 32.2. The summed E-state index contributed by atoms with van der Waals surface area (Å²) >= 11 is 0. The predicted octanol–water partition coefficient (Wildman–Crippen LogP) is -0.0508. The van der Waals surface area contributed by atoms with Crippen LogP contribution in [0.2, 0.25) is 0 Å². The Morgan fingerprint density at radius 2 is 1.56 bits per heavy atom. The molecule has 0 aliphatic heterocycles. The van der Waals surface area contributed by atoms with E-state index in [-0.39, 0.29) is 21.0 Å². The molecule has 5 N–H and O–H groups in total. The number of carboxylic acids is 1. The average Bonchev–Trinajstić information content (AvgIpc) is 2.59. The zero-order valence-corrected chi connectivity index (χ0v) is 15.2. The largest absolute Gasteiger partial charge is 0.480 e. The Balaban J connectivity index is 2.19. The lowest BCUT2D eigenvalue weighted by Crippen LogP contribution is -2.29. The van der Waals surface area contributed by atoms with Crippen molar-refractivity contribution < 1.29 is 31.5 Å². The summed E-state index contributed by atoms with van der Waals surface area (Å²) in [7, 11) is -8.16. The van der Waals surface area contributed by atoms with Gasteiger partial charge in [-0.05, 0) is 42.5 Å². The van der Waals surface area contributed by atoms with Gasteiger partial charge in [0, 0.05) is 11.3 Å². The predicted molar refractivity (Wildman–Crippen MR) is 95.0 cm³/mol. The van der Waals surface area contributed by atoms with Gasteiger partial charge in [0.2, 0.25) is 10.0 Å². The molecule has 10 nitrogen and oxygen atoms in total. The fourth-order valence-corrected chi connectivity index (χ4v) is 3.72. The smallest absolute Gasteiger partial charge is 0.322 e. The van der Waals surface area contributed by atoms with Crippen molar-refractivity contribution >= 4 is 37.6 Å². The number of rotatable bonds is 7. The molecule has 2 aromatic rings. The van der Waals surface area contributed by atoms with Crippen LogP contribution >= 0.6 is 0 Å². The maximum Gasteiger partial charge on any atom is 0.322 e. The number of nitrogens with two attached hydrogens (primary N) is 1. The van der Waals surface area contributed by atoms with E-state index in [2.05, 4.69) is 10.0 Å². The molecule has 0 heterocycles. The first-order valence-corrected chi connectivity index (χ1v) is 10.3. The van der Waals surface area contributed by atoms with E-state index in [0.717, 1.165) is 6.07 Å². The van der Waals surface area contributed by atoms with Gasteiger partial charge in [0.25, 0.3) is 15.9 Å². The van der Waals surface area contributed by atoms with Gasteiger partial charge in [-0.1, -0.05) is 6.07 Å². The van der Waals surface area contributed by atoms with Gasteiger partial charge in [-0.3, -0.25) is 14.3 Å². The number of nitrogens with one attached hydrogen (secondary N) is 2. The summed E-state index contributed by atoms with van der Waals surface area (Å²) in [6.07, 6.45) is 0. The van der Waals surface area contributed by atoms with Crippen molar-refractivity contribution in [3.8, 4) is 0 Å². The van der Waals surface area contributed by atoms with Crippen LogP contribution in [0.5, 0.6) is 0 Å². The number of carboxylic acid groups (broad SMARTS) is 1. The van der Waals surface area contributed by atoms with Gasteiger partial charge >= 0.3 is 5.97 Å². The van der Waals surface area contributed by atoms with Crippen molar-refractivity contribution in [1.29, 1.82) is 0 Å². The molecular weight excluding hydrogens is 398 g/mol. The lowest BCUT2D eigenvalue weighted by atomic mass is 10.2. The fourth-order valence-electron chi connectivity index (χ4n) is 1.98. The van der Waals surface area contributed by atoms with Gasteiger partial charge in [-0.15, -0.1) is 0 Å². The van der Waals surface area contributed by atoms with E-state index in [9.17, 15) is 26.4 Å². The number of primary sulfonamides is 1. The normalized spacial score (nSPS) is 11.6. The van der Waals surface area contributed by atoms with Crippen LogP contribution in [-0.2, 0) is 24.8 Å². The quantitative estimate of drug-likeness (QED) is 0.492. The van der Waals surface area contributed by atoms with E-state index in [4.69, 9.17) is 10.2 Å². The van der Waals surface area contributed by atoms with Crippen molar-refractivity contribution in [2.75, 3.05) is 11.3 Å². The monoisotopic (exact) mass is 413 g/mol. The van der Waals surface area contributed by atoms with E-state index in [1.54, 1.807) is 0 Å². The number of hydrogen-bond donors (Lipinski definition) is 4. The van der Waals surface area contributed by atoms with E-state index < -0.39 is 38.5 Å². The summed E-state index contributed by atoms with van der Waals surface area (Å²) in [6, 6.07) is 9.73. The van der Waals surface area contributed by atoms with Crippen LogP contribution < -0.4 is 15.2 Å². The minimum Gasteiger partial charge on any atom is -0.480 e. The topological polar surface area (TPSA) is 173 Å². The first kappa shape index (κ1) is 20.4. The number of hydrogen-bond acceptors (Lipinski definition) is 6. The van der Waals surface area contributed by atoms with Crippen molar-refractivity contribution in [3.05, 3.63) is 54.1 Å². The number of carbonyl (C=O) groups excluding carboxylic acids is 1. The molecule has 2 rings (SSSR count). The van der Waals surface area contributed by atoms with Crippen LogP contribution in [0.25, 0.3) is 0 Å². The van der Waals surface area contributed by atoms with Gasteiger partial charge < -0.3 is 10.4 Å². The molecule has 2 aromatic carbocycles. The molecule has 1 amide bonds. The highest BCUT2D eigenvalue weighted by Gasteiger charge is 2.18. The maximum absolute atomic E-state index is 12.4. The molecule has 27 heavy (non-hydrogen) atoms. The number of amides is 1. The van der Waals surface area contributed by atoms with Crippen molar-refractivity contribution in [2.24, 2.45) is 5.14 Å². The second-order valence-corrected chi connectivity index (χ2v) is 8.52. The molecule has 0 saturated heterocycles. The molecule has 0 aliphatic rings. The molecule has 0 radical (unpaired) electrons. The minimum atomic E-state index is -4.10. The standard InChI is InChI=1S/C15H15N3O7S2/c16-26(22,23)12-2-1-3-13(8-12)27(24,25)18-11-6-4-10(5-7-11)15(21)17-9-14(19)20/h1-8,18H,9H2,(H,17,21)(H,19,20)(H2,16,22,23). The highest BCUT2D eigenvalue weighted by Crippen LogP contribution is 2.19. The Hall–Kier alpha value is -2.96. The first-order valence-electron chi connectivity index (χ1n) is 7.25. The van der Waals surface area contributed by atoms with Gasteiger partial charge in [0.1, 0.15) is 6.54 Å². The third kappa shape index (κ3) is 5.51. The number of aliphatic carboxylic acids is 1. The number of carbonyl (C=O) groups is 2. The van der Waals surface area contributed by atoms with E-state index >= 15 is 0 Å². The first-order chi connectivity index (χ1) is 12.5. The Kier molecular flexibility index (Phi) is 5.83. The molecule has 0 unspecified atom stereocenters. The Morgan fingerprint density at radius 3 is 2.11 bits per heavy atom. The summed E-state index contributed by atoms with van der Waals surface area (Å²) in [4.78, 5) is 21.5. The lowest BCUT2D eigenvalue weighted by molar-refractivity contribution is -0.135. The SMILES string of the molecule is NS(=O)(=O)c1cccc(S(=O)(=O)Nc2ccc(C(=O)NCC(=O)O)cc2)c1. The average molecular weight is 413 g/mol. The van der Waals surface area contributed by atoms with E-state index in [1.807, 2.05) is 0 Å². The second kappa shape index (κ2) is 7.73. The van der Waals surface area contributed by atoms with Gasteiger partial charge in [0.15, 0.2) is 0 Å². The lowest BCUT2D eigenvalue weighted by Gasteiger charge is -2.10. The third-order valence-electron chi connectivity index (χ3n) is 3.24. The van der Waals surface area contributed by atoms with E-state index in [0.29, 0.717) is 0 Å². The molecule has 0 atom stereocenters. The number of sulfonamides is 2. The highest BCUT2D eigenvalue weighted by molar-refractivity contribution is 7.93. The van der Waals surface area contributed by atoms with Crippen LogP contribution in [-0.4, -0.2) is 40.4 Å². The maximum atomic E-state index is 12.4. The molecule has 0 saturated carbocycles. The molecule has 144 valence electrons. The summed E-state index contributed by atoms with van der Waals surface area (Å²) in [6.45, 7) is -0.548.